The molecule has 0 N–H and O–H groups in total. The molecule has 2 aliphatic carbocycles. The van der Waals surface area contributed by atoms with Crippen molar-refractivity contribution in [2.45, 2.75) is 53.4 Å². The zero-order chi connectivity index (χ0) is 12.0. The Kier molecular flexibility index (Phi) is 2.76. The molecular formula is C15H24O. The van der Waals surface area contributed by atoms with Crippen LogP contribution in [0.3, 0.4) is 0 Å². The monoisotopic (exact) mass is 220 g/mol. The van der Waals surface area contributed by atoms with Gasteiger partial charge in [0.05, 0.1) is 0 Å². The van der Waals surface area contributed by atoms with Gasteiger partial charge in [0.1, 0.15) is 5.78 Å². The smallest absolute Gasteiger partial charge is 0.139 e. The first-order valence-electron chi connectivity index (χ1n) is 6.60. The first-order chi connectivity index (χ1) is 7.40. The van der Waals surface area contributed by atoms with Crippen LogP contribution in [0.1, 0.15) is 53.4 Å². The number of Topliss-reactive ketones (excluding diaryl/α,β-unsaturated/α-hetero) is 1. The minimum atomic E-state index is -0.0288. The summed E-state index contributed by atoms with van der Waals surface area (Å²) in [6.45, 7) is 8.94. The van der Waals surface area contributed by atoms with Crippen LogP contribution in [-0.2, 0) is 4.79 Å². The molecule has 0 spiro atoms. The zero-order valence-corrected chi connectivity index (χ0v) is 11.0. The fourth-order valence-electron chi connectivity index (χ4n) is 3.73. The molecule has 0 aromatic carbocycles. The number of carbonyl (C=O) groups is 1. The summed E-state index contributed by atoms with van der Waals surface area (Å²) >= 11 is 0. The number of ketones is 1. The number of hydrogen-bond donors (Lipinski definition) is 0. The van der Waals surface area contributed by atoms with E-state index in [0.717, 1.165) is 19.3 Å². The standard InChI is InChI=1S/C15H24O/c1-11(2)6-5-8-14(3)12-7-9-15(14,4)13(16)10-12/h5-6,11-12H,7-10H2,1-4H3/b6-5+. The average Bonchev–Trinajstić information content (AvgIpc) is 2.52. The zero-order valence-electron chi connectivity index (χ0n) is 11.0. The Morgan fingerprint density at radius 1 is 1.44 bits per heavy atom. The van der Waals surface area contributed by atoms with Gasteiger partial charge in [-0.1, -0.05) is 39.8 Å². The Bertz CT molecular complexity index is 328. The van der Waals surface area contributed by atoms with Crippen LogP contribution in [0.2, 0.25) is 0 Å². The topological polar surface area (TPSA) is 17.1 Å². The van der Waals surface area contributed by atoms with Crippen molar-refractivity contribution in [2.75, 3.05) is 0 Å². The van der Waals surface area contributed by atoms with E-state index in [1.165, 1.54) is 6.42 Å². The van der Waals surface area contributed by atoms with Gasteiger partial charge >= 0.3 is 0 Å². The molecule has 0 saturated heterocycles. The predicted octanol–water partition coefficient (Wildman–Crippen LogP) is 3.98. The molecule has 0 amide bonds. The van der Waals surface area contributed by atoms with E-state index in [9.17, 15) is 4.79 Å². The summed E-state index contributed by atoms with van der Waals surface area (Å²) < 4.78 is 0. The van der Waals surface area contributed by atoms with Crippen molar-refractivity contribution in [1.82, 2.24) is 0 Å². The molecule has 2 fully saturated rings. The lowest BCUT2D eigenvalue weighted by atomic mass is 9.67. The molecule has 3 atom stereocenters. The van der Waals surface area contributed by atoms with Crippen LogP contribution in [0.15, 0.2) is 12.2 Å². The number of fused-ring (bicyclic) bond motifs is 2. The van der Waals surface area contributed by atoms with Crippen LogP contribution >= 0.6 is 0 Å². The van der Waals surface area contributed by atoms with E-state index in [1.54, 1.807) is 0 Å². The van der Waals surface area contributed by atoms with E-state index in [1.807, 2.05) is 0 Å². The number of carbonyl (C=O) groups excluding carboxylic acids is 1. The van der Waals surface area contributed by atoms with Crippen LogP contribution in [-0.4, -0.2) is 5.78 Å². The molecule has 1 nitrogen and oxygen atoms in total. The molecule has 0 aromatic rings. The lowest BCUT2D eigenvalue weighted by Crippen LogP contribution is -2.34. The van der Waals surface area contributed by atoms with Crippen molar-refractivity contribution in [1.29, 1.82) is 0 Å². The van der Waals surface area contributed by atoms with Gasteiger partial charge in [0.15, 0.2) is 0 Å². The summed E-state index contributed by atoms with van der Waals surface area (Å²) in [6.07, 6.45) is 8.87. The van der Waals surface area contributed by atoms with Crippen LogP contribution in [0.5, 0.6) is 0 Å². The van der Waals surface area contributed by atoms with E-state index < -0.39 is 0 Å². The van der Waals surface area contributed by atoms with E-state index in [-0.39, 0.29) is 10.8 Å². The molecule has 2 saturated carbocycles. The van der Waals surface area contributed by atoms with Gasteiger partial charge in [-0.05, 0) is 36.5 Å². The van der Waals surface area contributed by atoms with Crippen LogP contribution in [0.4, 0.5) is 0 Å². The third-order valence-electron chi connectivity index (χ3n) is 5.26. The van der Waals surface area contributed by atoms with Gasteiger partial charge in [0.2, 0.25) is 0 Å². The maximum Gasteiger partial charge on any atom is 0.139 e. The Hall–Kier alpha value is -0.590. The molecule has 1 heteroatoms. The van der Waals surface area contributed by atoms with Gasteiger partial charge in [-0.2, -0.15) is 0 Å². The Labute approximate surface area is 99.3 Å². The molecule has 3 unspecified atom stereocenters. The second-order valence-corrected chi connectivity index (χ2v) is 6.49. The third kappa shape index (κ3) is 1.48. The maximum absolute atomic E-state index is 12.0. The molecule has 90 valence electrons. The van der Waals surface area contributed by atoms with Crippen molar-refractivity contribution in [3.8, 4) is 0 Å². The SMILES string of the molecule is CC(C)/C=C/CC1(C)C2CCC1(C)C(=O)C2. The summed E-state index contributed by atoms with van der Waals surface area (Å²) in [5.74, 6) is 1.78. The molecule has 2 aliphatic rings. The van der Waals surface area contributed by atoms with Crippen molar-refractivity contribution < 1.29 is 4.79 Å². The second-order valence-electron chi connectivity index (χ2n) is 6.49. The van der Waals surface area contributed by atoms with Gasteiger partial charge in [0.25, 0.3) is 0 Å². The lowest BCUT2D eigenvalue weighted by Gasteiger charge is -2.36. The molecule has 16 heavy (non-hydrogen) atoms. The highest BCUT2D eigenvalue weighted by molar-refractivity contribution is 5.89. The number of hydrogen-bond acceptors (Lipinski definition) is 1. The third-order valence-corrected chi connectivity index (χ3v) is 5.26. The predicted molar refractivity (Wildman–Crippen MR) is 67.2 cm³/mol. The number of allylic oxidation sites excluding steroid dienone is 2. The molecule has 2 bridgehead atoms. The van der Waals surface area contributed by atoms with E-state index in [2.05, 4.69) is 39.8 Å². The summed E-state index contributed by atoms with van der Waals surface area (Å²) in [4.78, 5) is 12.0. The molecule has 0 aromatic heterocycles. The largest absolute Gasteiger partial charge is 0.299 e. The fraction of sp³-hybridized carbons (Fsp3) is 0.800. The Balaban J connectivity index is 2.16. The highest BCUT2D eigenvalue weighted by atomic mass is 16.1. The van der Waals surface area contributed by atoms with E-state index in [4.69, 9.17) is 0 Å². The minimum Gasteiger partial charge on any atom is -0.299 e. The molecule has 0 heterocycles. The molecular weight excluding hydrogens is 196 g/mol. The van der Waals surface area contributed by atoms with Crippen LogP contribution < -0.4 is 0 Å². The highest BCUT2D eigenvalue weighted by Gasteiger charge is 2.62. The van der Waals surface area contributed by atoms with Gasteiger partial charge in [-0.15, -0.1) is 0 Å². The van der Waals surface area contributed by atoms with Crippen molar-refractivity contribution in [3.63, 3.8) is 0 Å². The maximum atomic E-state index is 12.0. The number of rotatable bonds is 3. The fourth-order valence-corrected chi connectivity index (χ4v) is 3.73. The van der Waals surface area contributed by atoms with Crippen molar-refractivity contribution >= 4 is 5.78 Å². The van der Waals surface area contributed by atoms with Crippen LogP contribution in [0.25, 0.3) is 0 Å². The summed E-state index contributed by atoms with van der Waals surface area (Å²) in [5.41, 5.74) is 0.203. The summed E-state index contributed by atoms with van der Waals surface area (Å²) in [5, 5.41) is 0. The van der Waals surface area contributed by atoms with Crippen molar-refractivity contribution in [2.24, 2.45) is 22.7 Å². The molecule has 0 aliphatic heterocycles. The Morgan fingerprint density at radius 2 is 2.12 bits per heavy atom. The van der Waals surface area contributed by atoms with Gasteiger partial charge in [0, 0.05) is 11.8 Å². The first kappa shape index (κ1) is 11.9. The first-order valence-corrected chi connectivity index (χ1v) is 6.60. The molecule has 0 radical (unpaired) electrons. The highest BCUT2D eigenvalue weighted by Crippen LogP contribution is 2.65. The van der Waals surface area contributed by atoms with E-state index >= 15 is 0 Å². The average molecular weight is 220 g/mol. The molecule has 2 rings (SSSR count). The van der Waals surface area contributed by atoms with E-state index in [0.29, 0.717) is 17.6 Å². The van der Waals surface area contributed by atoms with Gasteiger partial charge in [-0.3, -0.25) is 4.79 Å². The van der Waals surface area contributed by atoms with Gasteiger partial charge in [-0.25, -0.2) is 0 Å². The summed E-state index contributed by atoms with van der Waals surface area (Å²) in [7, 11) is 0. The second kappa shape index (κ2) is 3.72. The quantitative estimate of drug-likeness (QED) is 0.657. The van der Waals surface area contributed by atoms with Crippen LogP contribution in [0, 0.1) is 22.7 Å². The van der Waals surface area contributed by atoms with Crippen molar-refractivity contribution in [3.05, 3.63) is 12.2 Å². The summed E-state index contributed by atoms with van der Waals surface area (Å²) in [6, 6.07) is 0. The lowest BCUT2D eigenvalue weighted by molar-refractivity contribution is -0.128. The Morgan fingerprint density at radius 3 is 2.56 bits per heavy atom. The normalized spacial score (nSPS) is 42.8. The van der Waals surface area contributed by atoms with Gasteiger partial charge < -0.3 is 0 Å². The minimum absolute atomic E-state index is 0.0288.